The maximum absolute atomic E-state index is 10.0. The van der Waals surface area contributed by atoms with E-state index >= 15 is 0 Å². The van der Waals surface area contributed by atoms with Crippen molar-refractivity contribution in [1.82, 2.24) is 4.90 Å². The quantitative estimate of drug-likeness (QED) is 0.810. The molecule has 4 nitrogen and oxygen atoms in total. The van der Waals surface area contributed by atoms with Gasteiger partial charge in [0.25, 0.3) is 0 Å². The number of methoxy groups -OCH3 is 1. The highest BCUT2D eigenvalue weighted by Gasteiger charge is 2.52. The van der Waals surface area contributed by atoms with Crippen LogP contribution in [-0.4, -0.2) is 30.4 Å². The van der Waals surface area contributed by atoms with Gasteiger partial charge in [-0.05, 0) is 36.4 Å². The summed E-state index contributed by atoms with van der Waals surface area (Å²) in [7, 11) is 3.73. The summed E-state index contributed by atoms with van der Waals surface area (Å²) < 4.78 is 11.4. The van der Waals surface area contributed by atoms with Crippen molar-refractivity contribution in [3.05, 3.63) is 41.0 Å². The van der Waals surface area contributed by atoms with Gasteiger partial charge < -0.3 is 14.6 Å². The van der Waals surface area contributed by atoms with Gasteiger partial charge in [0.05, 0.1) is 0 Å². The molecule has 0 radical (unpaired) electrons. The van der Waals surface area contributed by atoms with Gasteiger partial charge >= 0.3 is 0 Å². The highest BCUT2D eigenvalue weighted by molar-refractivity contribution is 5.92. The summed E-state index contributed by atoms with van der Waals surface area (Å²) in [6.45, 7) is 1.95. The highest BCUT2D eigenvalue weighted by Crippen LogP contribution is 2.53. The first-order chi connectivity index (χ1) is 9.63. The number of ether oxygens (including phenoxy) is 2. The smallest absolute Gasteiger partial charge is 0.144 e. The molecule has 0 saturated carbocycles. The predicted octanol–water partition coefficient (Wildman–Crippen LogP) is 2.84. The molecule has 0 amide bonds. The van der Waals surface area contributed by atoms with E-state index in [4.69, 9.17) is 9.47 Å². The molecule has 2 heterocycles. The minimum Gasteiger partial charge on any atom is -0.508 e. The number of rotatable bonds is 1. The Labute approximate surface area is 117 Å². The van der Waals surface area contributed by atoms with Gasteiger partial charge in [0.1, 0.15) is 24.3 Å². The molecule has 2 unspecified atom stereocenters. The Bertz CT molecular complexity index is 712. The average Bonchev–Trinajstić information content (AvgIpc) is 3.24. The standard InChI is InChI=1S/C16H17NO3/c1-8-11(18)7-5-9-4-6-10-13(12(8)9)14-16(20-14)17(2)15(10)19-3/h4-7,14-16,18H,1-3H3/t14?,15-,16?/m0/s1. The second kappa shape index (κ2) is 3.95. The molecule has 1 N–H and O–H groups in total. The Morgan fingerprint density at radius 2 is 2.00 bits per heavy atom. The fourth-order valence-electron chi connectivity index (χ4n) is 3.42. The molecule has 1 fully saturated rings. The van der Waals surface area contributed by atoms with Gasteiger partial charge in [-0.3, -0.25) is 0 Å². The molecule has 0 spiro atoms. The second-order valence-electron chi connectivity index (χ2n) is 5.58. The molecule has 0 aromatic heterocycles. The van der Waals surface area contributed by atoms with Crippen LogP contribution in [0.2, 0.25) is 0 Å². The van der Waals surface area contributed by atoms with E-state index in [0.29, 0.717) is 5.75 Å². The van der Waals surface area contributed by atoms with Crippen LogP contribution in [0.3, 0.4) is 0 Å². The maximum atomic E-state index is 10.0. The Hall–Kier alpha value is -1.62. The number of hydrogen-bond acceptors (Lipinski definition) is 4. The van der Waals surface area contributed by atoms with Crippen LogP contribution in [0.5, 0.6) is 5.75 Å². The minimum atomic E-state index is -0.0973. The average molecular weight is 271 g/mol. The molecule has 1 saturated heterocycles. The topological polar surface area (TPSA) is 45.2 Å². The van der Waals surface area contributed by atoms with E-state index in [1.807, 2.05) is 20.0 Å². The molecule has 2 aliphatic heterocycles. The van der Waals surface area contributed by atoms with Gasteiger partial charge in [-0.2, -0.15) is 0 Å². The molecule has 104 valence electrons. The third-order valence-corrected chi connectivity index (χ3v) is 4.50. The van der Waals surface area contributed by atoms with Crippen LogP contribution in [0, 0.1) is 6.92 Å². The summed E-state index contributed by atoms with van der Waals surface area (Å²) in [5.74, 6) is 0.330. The van der Waals surface area contributed by atoms with Gasteiger partial charge in [-0.15, -0.1) is 0 Å². The number of hydrogen-bond donors (Lipinski definition) is 1. The van der Waals surface area contributed by atoms with E-state index in [1.54, 1.807) is 13.2 Å². The van der Waals surface area contributed by atoms with Crippen molar-refractivity contribution in [2.75, 3.05) is 14.2 Å². The zero-order valence-electron chi connectivity index (χ0n) is 11.8. The monoisotopic (exact) mass is 271 g/mol. The van der Waals surface area contributed by atoms with Crippen LogP contribution in [0.4, 0.5) is 0 Å². The zero-order chi connectivity index (χ0) is 14.0. The first-order valence-corrected chi connectivity index (χ1v) is 6.78. The van der Waals surface area contributed by atoms with Crippen molar-refractivity contribution in [1.29, 1.82) is 0 Å². The Kier molecular flexibility index (Phi) is 2.40. The van der Waals surface area contributed by atoms with Crippen LogP contribution in [0.25, 0.3) is 10.8 Å². The molecule has 2 aromatic carbocycles. The summed E-state index contributed by atoms with van der Waals surface area (Å²) in [5, 5.41) is 12.2. The maximum Gasteiger partial charge on any atom is 0.144 e. The molecule has 20 heavy (non-hydrogen) atoms. The Morgan fingerprint density at radius 3 is 2.75 bits per heavy atom. The Morgan fingerprint density at radius 1 is 1.25 bits per heavy atom. The number of aromatic hydroxyl groups is 1. The van der Waals surface area contributed by atoms with Gasteiger partial charge in [0.2, 0.25) is 0 Å². The number of aryl methyl sites for hydroxylation is 1. The van der Waals surface area contributed by atoms with Crippen LogP contribution >= 0.6 is 0 Å². The van der Waals surface area contributed by atoms with E-state index in [9.17, 15) is 5.11 Å². The highest BCUT2D eigenvalue weighted by atomic mass is 16.6. The number of fused-ring (bicyclic) bond motifs is 5. The molecular formula is C16H17NO3. The molecule has 2 aliphatic rings. The molecule has 3 atom stereocenters. The van der Waals surface area contributed by atoms with E-state index in [1.165, 1.54) is 5.56 Å². The van der Waals surface area contributed by atoms with Gasteiger partial charge in [-0.1, -0.05) is 18.2 Å². The molecule has 0 bridgehead atoms. The van der Waals surface area contributed by atoms with Crippen molar-refractivity contribution in [3.8, 4) is 5.75 Å². The number of likely N-dealkylation sites (N-methyl/N-ethyl adjacent to an activating group) is 1. The SMILES string of the molecule is CO[C@H]1c2ccc3ccc(O)c(C)c3c2C2OC2N1C. The largest absolute Gasteiger partial charge is 0.508 e. The van der Waals surface area contributed by atoms with Gasteiger partial charge in [0.15, 0.2) is 0 Å². The van der Waals surface area contributed by atoms with Crippen LogP contribution in [-0.2, 0) is 9.47 Å². The lowest BCUT2D eigenvalue weighted by molar-refractivity contribution is -0.0441. The molecule has 4 rings (SSSR count). The third kappa shape index (κ3) is 1.41. The number of benzene rings is 2. The third-order valence-electron chi connectivity index (χ3n) is 4.50. The van der Waals surface area contributed by atoms with Crippen molar-refractivity contribution < 1.29 is 14.6 Å². The minimum absolute atomic E-state index is 0.0831. The van der Waals surface area contributed by atoms with E-state index in [2.05, 4.69) is 17.0 Å². The normalized spacial score (nSPS) is 28.2. The lowest BCUT2D eigenvalue weighted by Gasteiger charge is -2.31. The fourth-order valence-corrected chi connectivity index (χ4v) is 3.42. The first kappa shape index (κ1) is 12.1. The van der Waals surface area contributed by atoms with Crippen molar-refractivity contribution in [2.24, 2.45) is 0 Å². The molecular weight excluding hydrogens is 254 g/mol. The number of epoxide rings is 1. The fraction of sp³-hybridized carbons (Fsp3) is 0.375. The lowest BCUT2D eigenvalue weighted by atomic mass is 9.90. The van der Waals surface area contributed by atoms with Crippen LogP contribution in [0.15, 0.2) is 24.3 Å². The van der Waals surface area contributed by atoms with Crippen LogP contribution in [0.1, 0.15) is 29.0 Å². The van der Waals surface area contributed by atoms with Crippen molar-refractivity contribution in [3.63, 3.8) is 0 Å². The molecule has 0 aliphatic carbocycles. The number of phenols is 1. The molecule has 2 aromatic rings. The van der Waals surface area contributed by atoms with Crippen molar-refractivity contribution >= 4 is 10.8 Å². The summed E-state index contributed by atoms with van der Waals surface area (Å²) in [5.41, 5.74) is 3.22. The number of phenolic OH excluding ortho intramolecular Hbond substituents is 1. The summed E-state index contributed by atoms with van der Waals surface area (Å²) in [4.78, 5) is 2.11. The predicted molar refractivity (Wildman–Crippen MR) is 75.5 cm³/mol. The van der Waals surface area contributed by atoms with Gasteiger partial charge in [-0.25, -0.2) is 4.90 Å². The van der Waals surface area contributed by atoms with Gasteiger partial charge in [0, 0.05) is 18.2 Å². The van der Waals surface area contributed by atoms with Crippen LogP contribution < -0.4 is 0 Å². The zero-order valence-corrected chi connectivity index (χ0v) is 11.8. The Balaban J connectivity index is 2.07. The van der Waals surface area contributed by atoms with Crippen molar-refractivity contribution in [2.45, 2.75) is 25.5 Å². The van der Waals surface area contributed by atoms with E-state index < -0.39 is 0 Å². The summed E-state index contributed by atoms with van der Waals surface area (Å²) in [6, 6.07) is 7.90. The summed E-state index contributed by atoms with van der Waals surface area (Å²) in [6.07, 6.45) is 0.0743. The van der Waals surface area contributed by atoms with E-state index in [0.717, 1.165) is 21.9 Å². The lowest BCUT2D eigenvalue weighted by Crippen LogP contribution is -2.33. The number of nitrogens with zero attached hydrogens (tertiary/aromatic N) is 1. The second-order valence-corrected chi connectivity index (χ2v) is 5.58. The molecule has 4 heteroatoms. The summed E-state index contributed by atoms with van der Waals surface area (Å²) >= 11 is 0. The first-order valence-electron chi connectivity index (χ1n) is 6.78. The van der Waals surface area contributed by atoms with E-state index in [-0.39, 0.29) is 18.6 Å².